The number of amides is 2. The molecule has 0 saturated heterocycles. The van der Waals surface area contributed by atoms with E-state index in [9.17, 15) is 9.59 Å². The Balaban J connectivity index is 2.14. The number of benzene rings is 2. The highest BCUT2D eigenvalue weighted by molar-refractivity contribution is 9.10. The van der Waals surface area contributed by atoms with Gasteiger partial charge < -0.3 is 10.2 Å². The number of halogens is 1. The molecule has 0 aliphatic carbocycles. The van der Waals surface area contributed by atoms with E-state index in [1.807, 2.05) is 12.1 Å². The lowest BCUT2D eigenvalue weighted by molar-refractivity contribution is -0.120. The number of hydrogen-bond donors (Lipinski definition) is 1. The number of hydrogen-bond acceptors (Lipinski definition) is 3. The second kappa shape index (κ2) is 7.56. The van der Waals surface area contributed by atoms with Crippen molar-refractivity contribution in [2.24, 2.45) is 0 Å². The Kier molecular flexibility index (Phi) is 5.50. The summed E-state index contributed by atoms with van der Waals surface area (Å²) < 4.78 is 0.848. The van der Waals surface area contributed by atoms with E-state index >= 15 is 0 Å². The van der Waals surface area contributed by atoms with E-state index in [4.69, 9.17) is 5.26 Å². The van der Waals surface area contributed by atoms with Crippen LogP contribution in [0, 0.1) is 11.3 Å². The van der Waals surface area contributed by atoms with E-state index < -0.39 is 0 Å². The molecule has 1 N–H and O–H groups in total. The summed E-state index contributed by atoms with van der Waals surface area (Å²) in [6.07, 6.45) is 0. The minimum Gasteiger partial charge on any atom is -0.324 e. The molecule has 0 saturated carbocycles. The third-order valence-electron chi connectivity index (χ3n) is 3.08. The van der Waals surface area contributed by atoms with Crippen LogP contribution in [0.1, 0.15) is 12.5 Å². The highest BCUT2D eigenvalue weighted by Gasteiger charge is 2.16. The zero-order valence-corrected chi connectivity index (χ0v) is 14.0. The molecule has 2 aromatic rings. The van der Waals surface area contributed by atoms with Crippen LogP contribution < -0.4 is 10.2 Å². The van der Waals surface area contributed by atoms with Gasteiger partial charge in [-0.15, -0.1) is 0 Å². The highest BCUT2D eigenvalue weighted by atomic mass is 79.9. The Morgan fingerprint density at radius 3 is 2.61 bits per heavy atom. The Morgan fingerprint density at radius 1 is 1.22 bits per heavy atom. The largest absolute Gasteiger partial charge is 0.324 e. The van der Waals surface area contributed by atoms with E-state index in [0.29, 0.717) is 16.9 Å². The van der Waals surface area contributed by atoms with Crippen LogP contribution >= 0.6 is 15.9 Å². The van der Waals surface area contributed by atoms with Gasteiger partial charge in [0.1, 0.15) is 6.54 Å². The average Bonchev–Trinajstić information content (AvgIpc) is 2.52. The Morgan fingerprint density at radius 2 is 1.96 bits per heavy atom. The molecule has 0 aliphatic rings. The van der Waals surface area contributed by atoms with Gasteiger partial charge in [0, 0.05) is 22.8 Å². The molecule has 5 nitrogen and oxygen atoms in total. The van der Waals surface area contributed by atoms with Gasteiger partial charge in [-0.3, -0.25) is 9.59 Å². The number of carbonyl (C=O) groups is 2. The van der Waals surface area contributed by atoms with Crippen LogP contribution in [0.2, 0.25) is 0 Å². The first kappa shape index (κ1) is 16.7. The standard InChI is InChI=1S/C17H14BrN3O2/c1-12(22)21(16-7-2-4-13(8-16)10-19)11-17(23)20-15-6-3-5-14(18)9-15/h2-9H,11H2,1H3,(H,20,23). The number of nitrogens with one attached hydrogen (secondary N) is 1. The minimum atomic E-state index is -0.319. The molecule has 0 radical (unpaired) electrons. The lowest BCUT2D eigenvalue weighted by Crippen LogP contribution is -2.36. The molecule has 2 aromatic carbocycles. The topological polar surface area (TPSA) is 73.2 Å². The van der Waals surface area contributed by atoms with Gasteiger partial charge in [0.2, 0.25) is 11.8 Å². The normalized spacial score (nSPS) is 9.78. The fourth-order valence-corrected chi connectivity index (χ4v) is 2.44. The fraction of sp³-hybridized carbons (Fsp3) is 0.118. The van der Waals surface area contributed by atoms with Crippen LogP contribution in [-0.4, -0.2) is 18.4 Å². The van der Waals surface area contributed by atoms with Crippen molar-refractivity contribution < 1.29 is 9.59 Å². The molecule has 23 heavy (non-hydrogen) atoms. The first-order chi connectivity index (χ1) is 11.0. The number of anilines is 2. The maximum absolute atomic E-state index is 12.2. The molecule has 2 amide bonds. The molecule has 0 fully saturated rings. The first-order valence-corrected chi connectivity index (χ1v) is 7.62. The van der Waals surface area contributed by atoms with Gasteiger partial charge in [-0.1, -0.05) is 28.1 Å². The lowest BCUT2D eigenvalue weighted by atomic mass is 10.2. The minimum absolute atomic E-state index is 0.128. The van der Waals surface area contributed by atoms with E-state index in [0.717, 1.165) is 4.47 Å². The third kappa shape index (κ3) is 4.66. The number of carbonyl (C=O) groups excluding carboxylic acids is 2. The first-order valence-electron chi connectivity index (χ1n) is 6.83. The predicted octanol–water partition coefficient (Wildman–Crippen LogP) is 3.31. The fourth-order valence-electron chi connectivity index (χ4n) is 2.04. The summed E-state index contributed by atoms with van der Waals surface area (Å²) in [7, 11) is 0. The monoisotopic (exact) mass is 371 g/mol. The van der Waals surface area contributed by atoms with Gasteiger partial charge in [-0.05, 0) is 36.4 Å². The summed E-state index contributed by atoms with van der Waals surface area (Å²) in [5.41, 5.74) is 1.58. The van der Waals surface area contributed by atoms with Crippen LogP contribution in [0.4, 0.5) is 11.4 Å². The molecule has 0 unspecified atom stereocenters. The molecular formula is C17H14BrN3O2. The second-order valence-corrected chi connectivity index (χ2v) is 5.74. The van der Waals surface area contributed by atoms with Gasteiger partial charge >= 0.3 is 0 Å². The van der Waals surface area contributed by atoms with E-state index in [2.05, 4.69) is 21.2 Å². The Hall–Kier alpha value is -2.65. The molecule has 0 aliphatic heterocycles. The molecule has 116 valence electrons. The average molecular weight is 372 g/mol. The van der Waals surface area contributed by atoms with Crippen molar-refractivity contribution in [3.05, 3.63) is 58.6 Å². The summed E-state index contributed by atoms with van der Waals surface area (Å²) in [6, 6.07) is 15.8. The van der Waals surface area contributed by atoms with E-state index in [1.165, 1.54) is 11.8 Å². The molecule has 0 atom stereocenters. The third-order valence-corrected chi connectivity index (χ3v) is 3.57. The zero-order chi connectivity index (χ0) is 16.8. The predicted molar refractivity (Wildman–Crippen MR) is 92.0 cm³/mol. The number of nitriles is 1. The van der Waals surface area contributed by atoms with Gasteiger partial charge in [0.25, 0.3) is 0 Å². The zero-order valence-electron chi connectivity index (χ0n) is 12.4. The summed E-state index contributed by atoms with van der Waals surface area (Å²) in [6.45, 7) is 1.25. The molecule has 0 heterocycles. The Bertz CT molecular complexity index is 783. The summed E-state index contributed by atoms with van der Waals surface area (Å²) in [5, 5.41) is 11.7. The molecular weight excluding hydrogens is 358 g/mol. The van der Waals surface area contributed by atoms with Crippen molar-refractivity contribution in [2.45, 2.75) is 6.92 Å². The molecule has 0 aromatic heterocycles. The van der Waals surface area contributed by atoms with Gasteiger partial charge in [0.05, 0.1) is 11.6 Å². The summed E-state index contributed by atoms with van der Waals surface area (Å²) in [5.74, 6) is -0.592. The molecule has 6 heteroatoms. The second-order valence-electron chi connectivity index (χ2n) is 4.83. The molecule has 0 bridgehead atoms. The van der Waals surface area contributed by atoms with Crippen LogP contribution in [0.3, 0.4) is 0 Å². The molecule has 2 rings (SSSR count). The highest BCUT2D eigenvalue weighted by Crippen LogP contribution is 2.18. The van der Waals surface area contributed by atoms with Crippen molar-refractivity contribution in [2.75, 3.05) is 16.8 Å². The lowest BCUT2D eigenvalue weighted by Gasteiger charge is -2.21. The van der Waals surface area contributed by atoms with Crippen molar-refractivity contribution in [1.82, 2.24) is 0 Å². The molecule has 0 spiro atoms. The van der Waals surface area contributed by atoms with Crippen molar-refractivity contribution in [3.8, 4) is 6.07 Å². The van der Waals surface area contributed by atoms with Gasteiger partial charge in [0.15, 0.2) is 0 Å². The van der Waals surface area contributed by atoms with Gasteiger partial charge in [-0.2, -0.15) is 5.26 Å². The van der Waals surface area contributed by atoms with Crippen LogP contribution in [0.5, 0.6) is 0 Å². The maximum Gasteiger partial charge on any atom is 0.244 e. The van der Waals surface area contributed by atoms with Crippen LogP contribution in [0.15, 0.2) is 53.0 Å². The van der Waals surface area contributed by atoms with Crippen molar-refractivity contribution in [3.63, 3.8) is 0 Å². The van der Waals surface area contributed by atoms with Crippen molar-refractivity contribution in [1.29, 1.82) is 5.26 Å². The van der Waals surface area contributed by atoms with Crippen molar-refractivity contribution >= 4 is 39.1 Å². The van der Waals surface area contributed by atoms with Crippen LogP contribution in [-0.2, 0) is 9.59 Å². The van der Waals surface area contributed by atoms with Gasteiger partial charge in [-0.25, -0.2) is 0 Å². The number of rotatable bonds is 4. The summed E-state index contributed by atoms with van der Waals surface area (Å²) >= 11 is 3.33. The van der Waals surface area contributed by atoms with E-state index in [-0.39, 0.29) is 18.4 Å². The van der Waals surface area contributed by atoms with Crippen LogP contribution in [0.25, 0.3) is 0 Å². The quantitative estimate of drug-likeness (QED) is 0.895. The maximum atomic E-state index is 12.2. The number of nitrogens with zero attached hydrogens (tertiary/aromatic N) is 2. The Labute approximate surface area is 142 Å². The smallest absolute Gasteiger partial charge is 0.244 e. The SMILES string of the molecule is CC(=O)N(CC(=O)Nc1cccc(Br)c1)c1cccc(C#N)c1. The summed E-state index contributed by atoms with van der Waals surface area (Å²) in [4.78, 5) is 25.4. The van der Waals surface area contributed by atoms with E-state index in [1.54, 1.807) is 42.5 Å².